The molecule has 0 bridgehead atoms. The summed E-state index contributed by atoms with van der Waals surface area (Å²) in [6, 6.07) is 30.3. The first kappa shape index (κ1) is 33.7. The van der Waals surface area contributed by atoms with E-state index >= 15 is 0 Å². The molecule has 4 N–H and O–H groups in total. The molecule has 0 aliphatic carbocycles. The third-order valence-electron chi connectivity index (χ3n) is 8.00. The van der Waals surface area contributed by atoms with Gasteiger partial charge in [-0.1, -0.05) is 84.9 Å². The summed E-state index contributed by atoms with van der Waals surface area (Å²) in [5, 5.41) is 9.18. The third-order valence-corrected chi connectivity index (χ3v) is 9.34. The van der Waals surface area contributed by atoms with E-state index < -0.39 is 28.1 Å². The highest BCUT2D eigenvalue weighted by molar-refractivity contribution is 7.89. The van der Waals surface area contributed by atoms with E-state index in [4.69, 9.17) is 9.47 Å². The number of alkyl carbamates (subject to hydrolysis) is 1. The van der Waals surface area contributed by atoms with Crippen LogP contribution < -0.4 is 20.7 Å². The lowest BCUT2D eigenvalue weighted by atomic mass is 9.84. The molecule has 0 radical (unpaired) electrons. The summed E-state index contributed by atoms with van der Waals surface area (Å²) in [7, 11) is -2.44. The molecule has 1 saturated heterocycles. The van der Waals surface area contributed by atoms with Gasteiger partial charge < -0.3 is 25.4 Å². The average molecular weight is 658 g/mol. The quantitative estimate of drug-likeness (QED) is 0.170. The molecule has 2 amide bonds. The highest BCUT2D eigenvalue weighted by atomic mass is 32.2. The summed E-state index contributed by atoms with van der Waals surface area (Å²) in [6.45, 7) is 1.06. The molecule has 0 spiro atoms. The maximum absolute atomic E-state index is 14.0. The normalized spacial score (nSPS) is 17.1. The number of pyridine rings is 1. The van der Waals surface area contributed by atoms with Crippen LogP contribution in [0.15, 0.2) is 114 Å². The van der Waals surface area contributed by atoms with E-state index in [2.05, 4.69) is 25.7 Å². The Morgan fingerprint density at radius 2 is 1.60 bits per heavy atom. The summed E-state index contributed by atoms with van der Waals surface area (Å²) in [5.74, 6) is -0.862. The number of para-hydroxylation sites is 1. The van der Waals surface area contributed by atoms with Crippen molar-refractivity contribution in [2.45, 2.75) is 42.0 Å². The van der Waals surface area contributed by atoms with Gasteiger partial charge in [0, 0.05) is 36.9 Å². The van der Waals surface area contributed by atoms with Crippen LogP contribution in [-0.4, -0.2) is 70.4 Å². The molecule has 0 saturated carbocycles. The molecule has 3 aromatic carbocycles. The molecule has 47 heavy (non-hydrogen) atoms. The molecule has 246 valence electrons. The third kappa shape index (κ3) is 9.23. The fraction of sp³-hybridized carbons (Fsp3) is 0.286. The Balaban J connectivity index is 1.22. The average Bonchev–Trinajstić information content (AvgIpc) is 3.11. The van der Waals surface area contributed by atoms with E-state index in [9.17, 15) is 18.0 Å². The van der Waals surface area contributed by atoms with Crippen LogP contribution in [0.25, 0.3) is 0 Å². The first-order valence-corrected chi connectivity index (χ1v) is 16.9. The Bertz CT molecular complexity index is 1660. The predicted octanol–water partition coefficient (Wildman–Crippen LogP) is 3.84. The van der Waals surface area contributed by atoms with Crippen LogP contribution >= 0.6 is 0 Å². The van der Waals surface area contributed by atoms with Crippen molar-refractivity contribution in [2.75, 3.05) is 32.1 Å². The minimum absolute atomic E-state index is 0.0246. The molecule has 3 atom stereocenters. The minimum atomic E-state index is -3.71. The molecule has 1 fully saturated rings. The van der Waals surface area contributed by atoms with Gasteiger partial charge in [0.2, 0.25) is 5.91 Å². The highest BCUT2D eigenvalue weighted by Gasteiger charge is 2.33. The molecule has 5 rings (SSSR count). The van der Waals surface area contributed by atoms with Crippen molar-refractivity contribution in [3.8, 4) is 0 Å². The Hall–Kier alpha value is -4.62. The number of aromatic nitrogens is 1. The summed E-state index contributed by atoms with van der Waals surface area (Å²) in [6.07, 6.45) is 1.92. The van der Waals surface area contributed by atoms with Gasteiger partial charge in [0.1, 0.15) is 6.04 Å². The predicted molar refractivity (Wildman–Crippen MR) is 178 cm³/mol. The number of nitrogens with zero attached hydrogens (tertiary/aromatic N) is 1. The number of hydrogen-bond donors (Lipinski definition) is 4. The summed E-state index contributed by atoms with van der Waals surface area (Å²) in [4.78, 5) is 30.4. The van der Waals surface area contributed by atoms with E-state index in [-0.39, 0.29) is 29.6 Å². The van der Waals surface area contributed by atoms with E-state index in [1.54, 1.807) is 12.1 Å². The van der Waals surface area contributed by atoms with Crippen molar-refractivity contribution >= 4 is 27.7 Å². The lowest BCUT2D eigenvalue weighted by molar-refractivity contribution is -0.118. The second-order valence-electron chi connectivity index (χ2n) is 11.2. The van der Waals surface area contributed by atoms with Crippen LogP contribution in [0.2, 0.25) is 0 Å². The van der Waals surface area contributed by atoms with Crippen LogP contribution in [0.4, 0.5) is 10.5 Å². The number of aryl methyl sites for hydroxylation is 1. The van der Waals surface area contributed by atoms with Gasteiger partial charge in [0.05, 0.1) is 19.8 Å². The largest absolute Gasteiger partial charge is 0.453 e. The number of hydrogen-bond acceptors (Lipinski definition) is 8. The highest BCUT2D eigenvalue weighted by Crippen LogP contribution is 2.30. The topological polar surface area (TPSA) is 148 Å². The van der Waals surface area contributed by atoms with E-state index in [0.717, 1.165) is 16.7 Å². The van der Waals surface area contributed by atoms with Gasteiger partial charge in [-0.15, -0.1) is 0 Å². The van der Waals surface area contributed by atoms with Crippen LogP contribution in [-0.2, 0) is 30.7 Å². The zero-order valence-corrected chi connectivity index (χ0v) is 26.9. The molecule has 0 unspecified atom stereocenters. The fourth-order valence-electron chi connectivity index (χ4n) is 5.55. The summed E-state index contributed by atoms with van der Waals surface area (Å²) >= 11 is 0. The number of rotatable bonds is 13. The van der Waals surface area contributed by atoms with Crippen LogP contribution in [0.3, 0.4) is 0 Å². The summed E-state index contributed by atoms with van der Waals surface area (Å²) in [5.41, 5.74) is 3.30. The zero-order chi connectivity index (χ0) is 33.1. The molecule has 11 nitrogen and oxygen atoms in total. The lowest BCUT2D eigenvalue weighted by Crippen LogP contribution is -2.51. The van der Waals surface area contributed by atoms with Crippen LogP contribution in [0.5, 0.6) is 0 Å². The van der Waals surface area contributed by atoms with Gasteiger partial charge in [-0.3, -0.25) is 4.79 Å². The second kappa shape index (κ2) is 16.3. The maximum Gasteiger partial charge on any atom is 0.407 e. The van der Waals surface area contributed by atoms with Crippen molar-refractivity contribution in [1.29, 1.82) is 0 Å². The van der Waals surface area contributed by atoms with Crippen molar-refractivity contribution in [3.05, 3.63) is 126 Å². The van der Waals surface area contributed by atoms with Crippen molar-refractivity contribution < 1.29 is 27.5 Å². The number of nitrogens with one attached hydrogen (secondary N) is 4. The summed E-state index contributed by atoms with van der Waals surface area (Å²) < 4.78 is 38.6. The number of morpholine rings is 1. The molecular formula is C35H39N5O6S. The number of benzene rings is 3. The molecule has 2 heterocycles. The van der Waals surface area contributed by atoms with Gasteiger partial charge in [0.15, 0.2) is 5.03 Å². The molecule has 12 heteroatoms. The maximum atomic E-state index is 14.0. The van der Waals surface area contributed by atoms with E-state index in [1.165, 1.54) is 19.4 Å². The van der Waals surface area contributed by atoms with Crippen LogP contribution in [0.1, 0.15) is 29.0 Å². The Morgan fingerprint density at radius 1 is 0.936 bits per heavy atom. The van der Waals surface area contributed by atoms with E-state index in [0.29, 0.717) is 31.7 Å². The standard InChI is InChI=1S/C35H39N5O6S/c1-45-35(42)40-33(32(26-13-4-2-5-14-26)27-15-6-3-7-16-27)34(41)39-30-17-9-8-12-25(30)19-20-29-23-37-28(24-46-29)22-38-47(43,44)31-18-10-11-21-36-31/h2-18,21,28-29,32-33,37-38H,19-20,22-24H2,1H3,(H,39,41)(H,40,42)/t28-,29-,33+/m1/s1. The SMILES string of the molecule is COC(=O)N[C@H](C(=O)Nc1ccccc1CC[C@@H]1CN[C@H](CNS(=O)(=O)c2ccccn2)CO1)C(c1ccccc1)c1ccccc1. The first-order chi connectivity index (χ1) is 22.8. The first-order valence-electron chi connectivity index (χ1n) is 15.4. The van der Waals surface area contributed by atoms with Gasteiger partial charge in [-0.05, 0) is 47.7 Å². The fourth-order valence-corrected chi connectivity index (χ4v) is 6.57. The van der Waals surface area contributed by atoms with Gasteiger partial charge in [0.25, 0.3) is 10.0 Å². The van der Waals surface area contributed by atoms with Crippen molar-refractivity contribution in [2.24, 2.45) is 0 Å². The Labute approximate surface area is 275 Å². The smallest absolute Gasteiger partial charge is 0.407 e. The van der Waals surface area contributed by atoms with Crippen LogP contribution in [0, 0.1) is 0 Å². The van der Waals surface area contributed by atoms with E-state index in [1.807, 2.05) is 84.9 Å². The van der Waals surface area contributed by atoms with Crippen molar-refractivity contribution in [3.63, 3.8) is 0 Å². The molecule has 1 aromatic heterocycles. The molecular weight excluding hydrogens is 618 g/mol. The molecule has 1 aliphatic rings. The minimum Gasteiger partial charge on any atom is -0.453 e. The number of amides is 2. The number of anilines is 1. The second-order valence-corrected chi connectivity index (χ2v) is 12.9. The number of methoxy groups -OCH3 is 1. The Morgan fingerprint density at radius 3 is 2.21 bits per heavy atom. The lowest BCUT2D eigenvalue weighted by Gasteiger charge is -2.31. The van der Waals surface area contributed by atoms with Gasteiger partial charge in [-0.2, -0.15) is 0 Å². The van der Waals surface area contributed by atoms with Crippen molar-refractivity contribution in [1.82, 2.24) is 20.3 Å². The monoisotopic (exact) mass is 657 g/mol. The number of ether oxygens (including phenoxy) is 2. The van der Waals surface area contributed by atoms with Gasteiger partial charge >= 0.3 is 6.09 Å². The number of carbonyl (C=O) groups excluding carboxylic acids is 2. The number of sulfonamides is 1. The Kier molecular flexibility index (Phi) is 11.7. The zero-order valence-electron chi connectivity index (χ0n) is 26.0. The number of carbonyl (C=O) groups is 2. The molecule has 1 aliphatic heterocycles. The molecule has 4 aromatic rings. The van der Waals surface area contributed by atoms with Gasteiger partial charge in [-0.25, -0.2) is 22.9 Å².